The number of anilines is 2. The number of aliphatic hydroxyl groups is 1. The molecule has 1 aliphatic heterocycles. The van der Waals surface area contributed by atoms with Gasteiger partial charge in [-0.2, -0.15) is 13.2 Å². The van der Waals surface area contributed by atoms with Crippen LogP contribution < -0.4 is 14.8 Å². The highest BCUT2D eigenvalue weighted by molar-refractivity contribution is 6.32. The van der Waals surface area contributed by atoms with Crippen LogP contribution in [0.3, 0.4) is 0 Å². The molecule has 0 radical (unpaired) electrons. The summed E-state index contributed by atoms with van der Waals surface area (Å²) in [4.78, 5) is 11.0. The van der Waals surface area contributed by atoms with Crippen molar-refractivity contribution >= 4 is 23.2 Å². The summed E-state index contributed by atoms with van der Waals surface area (Å²) in [7, 11) is 0. The van der Waals surface area contributed by atoms with E-state index >= 15 is 0 Å². The second kappa shape index (κ2) is 13.0. The lowest BCUT2D eigenvalue weighted by molar-refractivity contribution is -0.154. The van der Waals surface area contributed by atoms with E-state index in [0.717, 1.165) is 31.2 Å². The molecule has 3 aromatic heterocycles. The van der Waals surface area contributed by atoms with Crippen molar-refractivity contribution < 1.29 is 27.8 Å². The van der Waals surface area contributed by atoms with Gasteiger partial charge in [-0.15, -0.1) is 10.2 Å². The zero-order valence-electron chi connectivity index (χ0n) is 25.2. The average molecular weight is 663 g/mol. The Morgan fingerprint density at radius 2 is 1.83 bits per heavy atom. The number of halogens is 4. The van der Waals surface area contributed by atoms with Gasteiger partial charge in [0.15, 0.2) is 6.61 Å². The van der Waals surface area contributed by atoms with Gasteiger partial charge in [-0.25, -0.2) is 14.6 Å². The van der Waals surface area contributed by atoms with Crippen molar-refractivity contribution in [3.8, 4) is 22.8 Å². The van der Waals surface area contributed by atoms with Gasteiger partial charge < -0.3 is 19.9 Å². The molecule has 13 nitrogen and oxygen atoms in total. The first-order valence-electron chi connectivity index (χ1n) is 14.9. The van der Waals surface area contributed by atoms with Crippen molar-refractivity contribution in [1.29, 1.82) is 0 Å². The van der Waals surface area contributed by atoms with Crippen LogP contribution in [0.1, 0.15) is 45.6 Å². The number of benzene rings is 1. The van der Waals surface area contributed by atoms with Crippen molar-refractivity contribution in [2.75, 3.05) is 25.0 Å². The summed E-state index contributed by atoms with van der Waals surface area (Å²) in [6.45, 7) is 3.96. The average Bonchev–Trinajstić information content (AvgIpc) is 3.66. The largest absolute Gasteiger partial charge is 0.487 e. The molecular weight excluding hydrogens is 629 g/mol. The van der Waals surface area contributed by atoms with Crippen molar-refractivity contribution in [2.45, 2.75) is 76.0 Å². The van der Waals surface area contributed by atoms with Gasteiger partial charge in [0.1, 0.15) is 23.9 Å². The van der Waals surface area contributed by atoms with Gasteiger partial charge >= 0.3 is 6.18 Å². The molecule has 1 atom stereocenters. The third-order valence-corrected chi connectivity index (χ3v) is 8.35. The molecule has 1 aliphatic carbocycles. The predicted molar refractivity (Wildman–Crippen MR) is 161 cm³/mol. The van der Waals surface area contributed by atoms with Crippen LogP contribution in [0.15, 0.2) is 43.1 Å². The van der Waals surface area contributed by atoms with Gasteiger partial charge in [0.2, 0.25) is 5.95 Å². The van der Waals surface area contributed by atoms with Crippen molar-refractivity contribution in [2.24, 2.45) is 0 Å². The molecule has 1 aromatic carbocycles. The van der Waals surface area contributed by atoms with E-state index in [9.17, 15) is 18.3 Å². The number of likely N-dealkylation sites (tertiary alicyclic amines) is 1. The van der Waals surface area contributed by atoms with Crippen LogP contribution in [0.5, 0.6) is 11.6 Å². The quantitative estimate of drug-likeness (QED) is 0.231. The van der Waals surface area contributed by atoms with Crippen molar-refractivity contribution in [1.82, 2.24) is 44.9 Å². The highest BCUT2D eigenvalue weighted by Crippen LogP contribution is 2.37. The minimum atomic E-state index is -4.53. The molecule has 6 rings (SSSR count). The molecule has 17 heteroatoms. The Labute approximate surface area is 267 Å². The lowest BCUT2D eigenvalue weighted by atomic mass is 9.85. The predicted octanol–water partition coefficient (Wildman–Crippen LogP) is 4.68. The summed E-state index contributed by atoms with van der Waals surface area (Å²) in [6, 6.07) is 5.67. The zero-order chi connectivity index (χ0) is 32.5. The summed E-state index contributed by atoms with van der Waals surface area (Å²) in [5.41, 5.74) is 1.02. The van der Waals surface area contributed by atoms with Gasteiger partial charge in [-0.1, -0.05) is 17.7 Å². The zero-order valence-corrected chi connectivity index (χ0v) is 26.0. The Kier molecular flexibility index (Phi) is 9.03. The molecule has 1 saturated carbocycles. The minimum Gasteiger partial charge on any atom is -0.487 e. The second-order valence-electron chi connectivity index (χ2n) is 12.1. The van der Waals surface area contributed by atoms with E-state index in [2.05, 4.69) is 40.8 Å². The summed E-state index contributed by atoms with van der Waals surface area (Å²) in [6.07, 6.45) is 4.92. The number of nitrogens with one attached hydrogen (secondary N) is 1. The van der Waals surface area contributed by atoms with E-state index in [4.69, 9.17) is 21.1 Å². The molecule has 0 spiro atoms. The lowest BCUT2D eigenvalue weighted by Crippen LogP contribution is -2.63. The van der Waals surface area contributed by atoms with Crippen LogP contribution in [-0.4, -0.2) is 93.6 Å². The number of rotatable bonds is 11. The summed E-state index contributed by atoms with van der Waals surface area (Å²) in [5.74, 6) is 0.446. The lowest BCUT2D eigenvalue weighted by Gasteiger charge is -2.50. The number of aromatic nitrogens is 8. The maximum atomic E-state index is 13.0. The number of tetrazole rings is 1. The van der Waals surface area contributed by atoms with Crippen LogP contribution in [-0.2, 0) is 6.54 Å². The standard InChI is InChI=1S/C29H34ClF3N10O3/c1-18(12-42-17-36-39-40-42)46-25-9-19(3-8-23(25)30)20-10-34-27(35-11-20)37-24-13-43(38-26(24)45-16-29(31,32)33)22-6-4-21(5-7-22)41-14-28(2,44)15-41/h3,8-11,13,17-18,21-22,44H,4-7,12,14-16H2,1-2H3,(H,34,35,37)/t18-,21-,22-/m0/s1. The van der Waals surface area contributed by atoms with Crippen LogP contribution in [0.4, 0.5) is 24.8 Å². The maximum absolute atomic E-state index is 13.0. The molecule has 0 unspecified atom stereocenters. The van der Waals surface area contributed by atoms with E-state index in [1.807, 2.05) is 13.8 Å². The van der Waals surface area contributed by atoms with Crippen molar-refractivity contribution in [3.05, 3.63) is 48.1 Å². The highest BCUT2D eigenvalue weighted by Gasteiger charge is 2.41. The summed E-state index contributed by atoms with van der Waals surface area (Å²) < 4.78 is 53.4. The Morgan fingerprint density at radius 1 is 1.11 bits per heavy atom. The van der Waals surface area contributed by atoms with Crippen LogP contribution >= 0.6 is 11.6 Å². The number of ether oxygens (including phenoxy) is 2. The van der Waals surface area contributed by atoms with Crippen LogP contribution in [0.2, 0.25) is 5.02 Å². The molecule has 2 fully saturated rings. The van der Waals surface area contributed by atoms with Gasteiger partial charge in [-0.3, -0.25) is 9.58 Å². The smallest absolute Gasteiger partial charge is 0.422 e. The van der Waals surface area contributed by atoms with Gasteiger partial charge in [0, 0.05) is 37.1 Å². The SMILES string of the molecule is C[C@@H](Cn1cnnn1)Oc1cc(-c2cnc(Nc3cn([C@H]4CC[C@H](N5CC(C)(O)C5)CC4)nc3OCC(F)(F)F)nc2)ccc1Cl. The summed E-state index contributed by atoms with van der Waals surface area (Å²) >= 11 is 6.38. The Bertz CT molecular complexity index is 1600. The molecule has 46 heavy (non-hydrogen) atoms. The van der Waals surface area contributed by atoms with E-state index in [-0.39, 0.29) is 29.7 Å². The Hall–Kier alpha value is -4.02. The van der Waals surface area contributed by atoms with Crippen molar-refractivity contribution in [3.63, 3.8) is 0 Å². The van der Waals surface area contributed by atoms with E-state index in [1.165, 1.54) is 6.33 Å². The molecule has 2 aliphatic rings. The van der Waals surface area contributed by atoms with Gasteiger partial charge in [0.25, 0.3) is 5.88 Å². The molecular formula is C29H34ClF3N10O3. The third-order valence-electron chi connectivity index (χ3n) is 8.04. The fraction of sp³-hybridized carbons (Fsp3) is 0.517. The van der Waals surface area contributed by atoms with Gasteiger partial charge in [-0.05, 0) is 67.7 Å². The topological polar surface area (TPSA) is 141 Å². The number of β-amino-alcohol motifs (C(OH)–C–C–N with tert-alkyl or cyclic N) is 1. The Balaban J connectivity index is 1.13. The molecule has 4 heterocycles. The normalized spacial score (nSPS) is 20.6. The first kappa shape index (κ1) is 31.9. The van der Waals surface area contributed by atoms with Crippen LogP contribution in [0, 0.1) is 0 Å². The third kappa shape index (κ3) is 7.85. The van der Waals surface area contributed by atoms with Gasteiger partial charge in [0.05, 0.1) is 29.4 Å². The number of alkyl halides is 3. The minimum absolute atomic E-state index is 0.00188. The first-order chi connectivity index (χ1) is 21.9. The second-order valence-corrected chi connectivity index (χ2v) is 12.5. The fourth-order valence-corrected chi connectivity index (χ4v) is 6.06. The molecule has 4 aromatic rings. The monoisotopic (exact) mass is 662 g/mol. The maximum Gasteiger partial charge on any atom is 0.422 e. The Morgan fingerprint density at radius 3 is 2.48 bits per heavy atom. The highest BCUT2D eigenvalue weighted by atomic mass is 35.5. The van der Waals surface area contributed by atoms with E-state index in [1.54, 1.807) is 46.2 Å². The first-order valence-corrected chi connectivity index (χ1v) is 15.3. The van der Waals surface area contributed by atoms with E-state index in [0.29, 0.717) is 42.0 Å². The number of hydrogen-bond acceptors (Lipinski definition) is 11. The van der Waals surface area contributed by atoms with Crippen LogP contribution in [0.25, 0.3) is 11.1 Å². The van der Waals surface area contributed by atoms with E-state index < -0.39 is 18.4 Å². The fourth-order valence-electron chi connectivity index (χ4n) is 5.90. The molecule has 0 amide bonds. The molecule has 2 N–H and O–H groups in total. The number of nitrogens with zero attached hydrogens (tertiary/aromatic N) is 9. The molecule has 1 saturated heterocycles. The number of hydrogen-bond donors (Lipinski definition) is 2. The summed E-state index contributed by atoms with van der Waals surface area (Å²) in [5, 5.41) is 28.9. The molecule has 0 bridgehead atoms. The molecule has 246 valence electrons.